The monoisotopic (exact) mass is 306 g/mol. The summed E-state index contributed by atoms with van der Waals surface area (Å²) in [5.41, 5.74) is 0.375. The number of aromatic hydroxyl groups is 1. The van der Waals surface area contributed by atoms with Crippen molar-refractivity contribution in [2.75, 3.05) is 13.2 Å². The smallest absolute Gasteiger partial charge is 0.251 e. The molecule has 4 atom stereocenters. The molecule has 2 saturated heterocycles. The zero-order valence-electron chi connectivity index (χ0n) is 12.1. The molecule has 4 unspecified atom stereocenters. The summed E-state index contributed by atoms with van der Waals surface area (Å²) in [6.07, 6.45) is -0.531. The van der Waals surface area contributed by atoms with Crippen molar-refractivity contribution >= 4 is 11.8 Å². The van der Waals surface area contributed by atoms with E-state index in [-0.39, 0.29) is 41.9 Å². The normalized spacial score (nSPS) is 29.9. The minimum atomic E-state index is -0.295. The highest BCUT2D eigenvalue weighted by Gasteiger charge is 2.48. The molecule has 1 aromatic carbocycles. The summed E-state index contributed by atoms with van der Waals surface area (Å²) in [6, 6.07) is 5.67. The van der Waals surface area contributed by atoms with E-state index in [9.17, 15) is 14.7 Å². The second-order valence-electron chi connectivity index (χ2n) is 5.53. The second kappa shape index (κ2) is 5.94. The van der Waals surface area contributed by atoms with Crippen LogP contribution in [0.4, 0.5) is 0 Å². The van der Waals surface area contributed by atoms with Gasteiger partial charge in [0.05, 0.1) is 25.3 Å². The van der Waals surface area contributed by atoms with Crippen molar-refractivity contribution < 1.29 is 24.2 Å². The summed E-state index contributed by atoms with van der Waals surface area (Å²) in [6.45, 7) is 2.15. The van der Waals surface area contributed by atoms with E-state index in [0.29, 0.717) is 18.8 Å². The zero-order chi connectivity index (χ0) is 15.7. The first-order valence-electron chi connectivity index (χ1n) is 7.15. The van der Waals surface area contributed by atoms with Crippen LogP contribution in [0.5, 0.6) is 5.75 Å². The molecule has 2 fully saturated rings. The first-order chi connectivity index (χ1) is 10.5. The molecule has 7 nitrogen and oxygen atoms in total. The number of nitrogens with one attached hydrogen (secondary N) is 2. The lowest BCUT2D eigenvalue weighted by Crippen LogP contribution is -2.46. The average Bonchev–Trinajstić information content (AvgIpc) is 3.03. The number of carbonyl (C=O) groups excluding carboxylic acids is 2. The van der Waals surface area contributed by atoms with Gasteiger partial charge in [-0.1, -0.05) is 6.07 Å². The quantitative estimate of drug-likeness (QED) is 0.718. The minimum Gasteiger partial charge on any atom is -0.508 e. The zero-order valence-corrected chi connectivity index (χ0v) is 12.1. The maximum atomic E-state index is 12.2. The average molecular weight is 306 g/mol. The maximum Gasteiger partial charge on any atom is 0.251 e. The number of amides is 2. The maximum absolute atomic E-state index is 12.2. The van der Waals surface area contributed by atoms with Crippen LogP contribution in [0.2, 0.25) is 0 Å². The van der Waals surface area contributed by atoms with Crippen molar-refractivity contribution in [1.82, 2.24) is 10.6 Å². The Morgan fingerprint density at radius 2 is 1.77 bits per heavy atom. The van der Waals surface area contributed by atoms with Crippen molar-refractivity contribution in [2.45, 2.75) is 31.2 Å². The van der Waals surface area contributed by atoms with Crippen molar-refractivity contribution in [2.24, 2.45) is 0 Å². The van der Waals surface area contributed by atoms with Gasteiger partial charge in [0.1, 0.15) is 18.0 Å². The number of hydrogen-bond donors (Lipinski definition) is 3. The molecular weight excluding hydrogens is 288 g/mol. The van der Waals surface area contributed by atoms with Crippen LogP contribution < -0.4 is 10.6 Å². The van der Waals surface area contributed by atoms with Gasteiger partial charge < -0.3 is 25.2 Å². The molecule has 2 aliphatic heterocycles. The van der Waals surface area contributed by atoms with Crippen LogP contribution in [0, 0.1) is 0 Å². The first kappa shape index (κ1) is 14.8. The van der Waals surface area contributed by atoms with E-state index in [2.05, 4.69) is 10.6 Å². The lowest BCUT2D eigenvalue weighted by molar-refractivity contribution is -0.120. The van der Waals surface area contributed by atoms with Gasteiger partial charge >= 0.3 is 0 Å². The van der Waals surface area contributed by atoms with Gasteiger partial charge in [0, 0.05) is 12.5 Å². The fourth-order valence-corrected chi connectivity index (χ4v) is 2.91. The van der Waals surface area contributed by atoms with Gasteiger partial charge in [0.15, 0.2) is 0 Å². The van der Waals surface area contributed by atoms with Crippen LogP contribution in [0.15, 0.2) is 24.3 Å². The Labute approximate surface area is 127 Å². The summed E-state index contributed by atoms with van der Waals surface area (Å²) in [4.78, 5) is 23.3. The predicted octanol–water partition coefficient (Wildman–Crippen LogP) is -0.207. The van der Waals surface area contributed by atoms with Gasteiger partial charge in [-0.25, -0.2) is 0 Å². The Hall–Kier alpha value is -2.12. The van der Waals surface area contributed by atoms with E-state index in [1.807, 2.05) is 0 Å². The Morgan fingerprint density at radius 1 is 1.14 bits per heavy atom. The molecule has 2 amide bonds. The van der Waals surface area contributed by atoms with E-state index >= 15 is 0 Å². The molecule has 0 bridgehead atoms. The van der Waals surface area contributed by atoms with Crippen LogP contribution >= 0.6 is 0 Å². The Kier molecular flexibility index (Phi) is 4.00. The van der Waals surface area contributed by atoms with Crippen LogP contribution in [0.1, 0.15) is 17.3 Å². The highest BCUT2D eigenvalue weighted by Crippen LogP contribution is 2.27. The molecule has 0 spiro atoms. The van der Waals surface area contributed by atoms with Gasteiger partial charge in [-0.05, 0) is 18.2 Å². The summed E-state index contributed by atoms with van der Waals surface area (Å²) in [5.74, 6) is -0.391. The van der Waals surface area contributed by atoms with Gasteiger partial charge in [-0.3, -0.25) is 9.59 Å². The number of carbonyl (C=O) groups is 2. The molecular formula is C15H18N2O5. The highest BCUT2D eigenvalue weighted by molar-refractivity contribution is 5.94. The molecule has 1 aromatic rings. The fourth-order valence-electron chi connectivity index (χ4n) is 2.91. The summed E-state index contributed by atoms with van der Waals surface area (Å²) < 4.78 is 11.3. The standard InChI is InChI=1S/C15H18N2O5/c1-8(18)16-11-6-21-14-12(7-22-13(11)14)17-15(20)9-3-2-4-10(19)5-9/h2-5,11-14,19H,6-7H2,1H3,(H,16,18)(H,17,20). The number of hydrogen-bond acceptors (Lipinski definition) is 5. The minimum absolute atomic E-state index is 0.0380. The third-order valence-corrected chi connectivity index (χ3v) is 3.87. The van der Waals surface area contributed by atoms with E-state index in [0.717, 1.165) is 0 Å². The molecule has 0 radical (unpaired) electrons. The highest BCUT2D eigenvalue weighted by atomic mass is 16.6. The van der Waals surface area contributed by atoms with Crippen molar-refractivity contribution in [3.05, 3.63) is 29.8 Å². The molecule has 0 aliphatic carbocycles. The van der Waals surface area contributed by atoms with Gasteiger partial charge in [-0.2, -0.15) is 0 Å². The van der Waals surface area contributed by atoms with Gasteiger partial charge in [0.2, 0.25) is 5.91 Å². The molecule has 7 heteroatoms. The van der Waals surface area contributed by atoms with E-state index in [1.165, 1.54) is 19.1 Å². The Balaban J connectivity index is 1.63. The Bertz CT molecular complexity index is 591. The predicted molar refractivity (Wildman–Crippen MR) is 76.4 cm³/mol. The Morgan fingerprint density at radius 3 is 2.36 bits per heavy atom. The van der Waals surface area contributed by atoms with E-state index in [1.54, 1.807) is 12.1 Å². The van der Waals surface area contributed by atoms with Gasteiger partial charge in [-0.15, -0.1) is 0 Å². The van der Waals surface area contributed by atoms with Crippen molar-refractivity contribution in [3.8, 4) is 5.75 Å². The number of fused-ring (bicyclic) bond motifs is 1. The van der Waals surface area contributed by atoms with Crippen LogP contribution in [-0.4, -0.2) is 54.4 Å². The van der Waals surface area contributed by atoms with Crippen LogP contribution in [0.25, 0.3) is 0 Å². The largest absolute Gasteiger partial charge is 0.508 e. The van der Waals surface area contributed by atoms with E-state index < -0.39 is 0 Å². The summed E-state index contributed by atoms with van der Waals surface area (Å²) in [5, 5.41) is 15.1. The molecule has 3 rings (SSSR count). The fraction of sp³-hybridized carbons (Fsp3) is 0.467. The van der Waals surface area contributed by atoms with Crippen molar-refractivity contribution in [1.29, 1.82) is 0 Å². The number of ether oxygens (including phenoxy) is 2. The number of benzene rings is 1. The lowest BCUT2D eigenvalue weighted by Gasteiger charge is -2.18. The molecule has 3 N–H and O–H groups in total. The molecule has 0 aromatic heterocycles. The van der Waals surface area contributed by atoms with Crippen molar-refractivity contribution in [3.63, 3.8) is 0 Å². The molecule has 2 heterocycles. The lowest BCUT2D eigenvalue weighted by atomic mass is 10.1. The third-order valence-electron chi connectivity index (χ3n) is 3.87. The first-order valence-corrected chi connectivity index (χ1v) is 7.15. The summed E-state index contributed by atoms with van der Waals surface area (Å²) in [7, 11) is 0. The number of phenols is 1. The number of phenolic OH excluding ortho intramolecular Hbond substituents is 1. The SMILES string of the molecule is CC(=O)NC1COC2C(NC(=O)c3cccc(O)c3)COC12. The molecule has 2 aliphatic rings. The summed E-state index contributed by atoms with van der Waals surface area (Å²) >= 11 is 0. The van der Waals surface area contributed by atoms with Gasteiger partial charge in [0.25, 0.3) is 5.91 Å². The molecule has 0 saturated carbocycles. The molecule has 118 valence electrons. The number of rotatable bonds is 3. The van der Waals surface area contributed by atoms with E-state index in [4.69, 9.17) is 9.47 Å². The third kappa shape index (κ3) is 2.90. The topological polar surface area (TPSA) is 96.9 Å². The molecule has 22 heavy (non-hydrogen) atoms. The van der Waals surface area contributed by atoms with Crippen LogP contribution in [-0.2, 0) is 14.3 Å². The second-order valence-corrected chi connectivity index (χ2v) is 5.53. The van der Waals surface area contributed by atoms with Crippen LogP contribution in [0.3, 0.4) is 0 Å².